The molecule has 4 aromatic rings. The Morgan fingerprint density at radius 2 is 1.56 bits per heavy atom. The number of aromatic nitrogens is 1. The minimum absolute atomic E-state index is 0.173. The van der Waals surface area contributed by atoms with E-state index in [2.05, 4.69) is 16.8 Å². The van der Waals surface area contributed by atoms with Gasteiger partial charge in [-0.05, 0) is 54.5 Å². The van der Waals surface area contributed by atoms with E-state index in [0.29, 0.717) is 12.2 Å². The molecule has 0 bridgehead atoms. The summed E-state index contributed by atoms with van der Waals surface area (Å²) in [5, 5.41) is 0. The molecule has 0 spiro atoms. The number of hydrogen-bond acceptors (Lipinski definition) is 3. The van der Waals surface area contributed by atoms with E-state index in [-0.39, 0.29) is 11.7 Å². The number of rotatable bonds is 8. The summed E-state index contributed by atoms with van der Waals surface area (Å²) in [6.45, 7) is 3.09. The molecule has 0 saturated heterocycles. The van der Waals surface area contributed by atoms with Gasteiger partial charge < -0.3 is 9.80 Å². The number of para-hydroxylation sites is 1. The van der Waals surface area contributed by atoms with Crippen LogP contribution in [-0.2, 0) is 11.3 Å². The Bertz CT molecular complexity index is 1240. The van der Waals surface area contributed by atoms with Gasteiger partial charge >= 0.3 is 0 Å². The fourth-order valence-electron chi connectivity index (χ4n) is 3.70. The summed E-state index contributed by atoms with van der Waals surface area (Å²) >= 11 is 0. The quantitative estimate of drug-likeness (QED) is 0.282. The van der Waals surface area contributed by atoms with Crippen LogP contribution in [0.1, 0.15) is 18.1 Å². The zero-order chi connectivity index (χ0) is 23.8. The van der Waals surface area contributed by atoms with Crippen molar-refractivity contribution < 1.29 is 9.18 Å². The molecule has 4 rings (SSSR count). The third kappa shape index (κ3) is 5.75. The van der Waals surface area contributed by atoms with Gasteiger partial charge in [-0.3, -0.25) is 4.79 Å². The fourth-order valence-corrected chi connectivity index (χ4v) is 3.70. The van der Waals surface area contributed by atoms with Gasteiger partial charge in [0.15, 0.2) is 0 Å². The highest BCUT2D eigenvalue weighted by Gasteiger charge is 2.17. The van der Waals surface area contributed by atoms with Gasteiger partial charge in [0.25, 0.3) is 5.91 Å². The van der Waals surface area contributed by atoms with Crippen molar-refractivity contribution in [3.8, 4) is 0 Å². The summed E-state index contributed by atoms with van der Waals surface area (Å²) in [7, 11) is 0. The second-order valence-electron chi connectivity index (χ2n) is 7.75. The Balaban J connectivity index is 1.68. The van der Waals surface area contributed by atoms with Gasteiger partial charge in [0.1, 0.15) is 11.6 Å². The van der Waals surface area contributed by atoms with Gasteiger partial charge in [-0.1, -0.05) is 60.7 Å². The van der Waals surface area contributed by atoms with Gasteiger partial charge in [0, 0.05) is 36.3 Å². The van der Waals surface area contributed by atoms with Crippen molar-refractivity contribution in [2.75, 3.05) is 16.3 Å². The molecule has 0 radical (unpaired) electrons. The predicted octanol–water partition coefficient (Wildman–Crippen LogP) is 6.63. The minimum Gasteiger partial charge on any atom is -0.327 e. The molecule has 0 aliphatic carbocycles. The summed E-state index contributed by atoms with van der Waals surface area (Å²) < 4.78 is 13.5. The monoisotopic (exact) mass is 451 g/mol. The topological polar surface area (TPSA) is 36.4 Å². The Morgan fingerprint density at radius 1 is 0.882 bits per heavy atom. The van der Waals surface area contributed by atoms with Gasteiger partial charge in [-0.2, -0.15) is 0 Å². The van der Waals surface area contributed by atoms with Gasteiger partial charge in [0.2, 0.25) is 0 Å². The molecule has 0 saturated carbocycles. The molecule has 170 valence electrons. The van der Waals surface area contributed by atoms with Crippen molar-refractivity contribution in [1.29, 1.82) is 0 Å². The van der Waals surface area contributed by atoms with Crippen molar-refractivity contribution in [3.05, 3.63) is 126 Å². The molecule has 0 aliphatic rings. The molecule has 3 aromatic carbocycles. The lowest BCUT2D eigenvalue weighted by Gasteiger charge is -2.26. The van der Waals surface area contributed by atoms with Crippen molar-refractivity contribution >= 4 is 29.2 Å². The Morgan fingerprint density at radius 3 is 2.24 bits per heavy atom. The molecule has 1 amide bonds. The number of carbonyl (C=O) groups is 1. The lowest BCUT2D eigenvalue weighted by atomic mass is 10.1. The largest absolute Gasteiger partial charge is 0.327 e. The first-order valence-electron chi connectivity index (χ1n) is 11.2. The molecule has 1 heterocycles. The van der Waals surface area contributed by atoms with Crippen LogP contribution in [0.5, 0.6) is 0 Å². The number of nitrogens with zero attached hydrogens (tertiary/aromatic N) is 3. The SMILES string of the molecule is CCN(c1ccccc1)c1cc(N(Cc2ccc(F)cc2)C(=O)C=Cc2ccccc2)ccn1. The van der Waals surface area contributed by atoms with Crippen LogP contribution in [0.25, 0.3) is 6.08 Å². The second-order valence-corrected chi connectivity index (χ2v) is 7.75. The van der Waals surface area contributed by atoms with Crippen molar-refractivity contribution in [2.24, 2.45) is 0 Å². The van der Waals surface area contributed by atoms with Crippen LogP contribution in [0.15, 0.2) is 109 Å². The number of benzene rings is 3. The number of halogens is 1. The maximum absolute atomic E-state index is 13.5. The average molecular weight is 452 g/mol. The smallest absolute Gasteiger partial charge is 0.251 e. The summed E-state index contributed by atoms with van der Waals surface area (Å²) in [4.78, 5) is 21.7. The number of hydrogen-bond donors (Lipinski definition) is 0. The Kier molecular flexibility index (Phi) is 7.45. The number of anilines is 3. The first-order valence-corrected chi connectivity index (χ1v) is 11.2. The highest BCUT2D eigenvalue weighted by Crippen LogP contribution is 2.27. The van der Waals surface area contributed by atoms with Gasteiger partial charge in [-0.15, -0.1) is 0 Å². The first kappa shape index (κ1) is 22.9. The van der Waals surface area contributed by atoms with Crippen LogP contribution < -0.4 is 9.80 Å². The number of pyridine rings is 1. The van der Waals surface area contributed by atoms with E-state index in [4.69, 9.17) is 0 Å². The number of carbonyl (C=O) groups excluding carboxylic acids is 1. The molecule has 0 unspecified atom stereocenters. The summed E-state index contributed by atoms with van der Waals surface area (Å²) in [6, 6.07) is 29.6. The van der Waals surface area contributed by atoms with E-state index in [1.807, 2.05) is 72.8 Å². The Labute approximate surface area is 199 Å². The molecule has 5 heteroatoms. The van der Waals surface area contributed by atoms with E-state index in [1.165, 1.54) is 12.1 Å². The van der Waals surface area contributed by atoms with E-state index in [1.54, 1.807) is 35.4 Å². The molecule has 0 fully saturated rings. The summed E-state index contributed by atoms with van der Waals surface area (Å²) in [6.07, 6.45) is 5.07. The molecule has 0 atom stereocenters. The molecule has 0 N–H and O–H groups in total. The third-order valence-electron chi connectivity index (χ3n) is 5.44. The highest BCUT2D eigenvalue weighted by atomic mass is 19.1. The van der Waals surface area contributed by atoms with Crippen molar-refractivity contribution in [1.82, 2.24) is 4.98 Å². The van der Waals surface area contributed by atoms with E-state index >= 15 is 0 Å². The maximum Gasteiger partial charge on any atom is 0.251 e. The van der Waals surface area contributed by atoms with Gasteiger partial charge in [0.05, 0.1) is 6.54 Å². The molecular formula is C29H26FN3O. The second kappa shape index (κ2) is 11.1. The third-order valence-corrected chi connectivity index (χ3v) is 5.44. The highest BCUT2D eigenvalue weighted by molar-refractivity contribution is 6.04. The van der Waals surface area contributed by atoms with E-state index < -0.39 is 0 Å². The van der Waals surface area contributed by atoms with Crippen LogP contribution in [0.4, 0.5) is 21.6 Å². The molecule has 0 aliphatic heterocycles. The zero-order valence-corrected chi connectivity index (χ0v) is 19.0. The summed E-state index contributed by atoms with van der Waals surface area (Å²) in [5.41, 5.74) is 3.51. The Hall–Kier alpha value is -4.25. The van der Waals surface area contributed by atoms with E-state index in [0.717, 1.165) is 29.2 Å². The lowest BCUT2D eigenvalue weighted by molar-refractivity contribution is -0.114. The standard InChI is InChI=1S/C29H26FN3O/c1-2-32(26-11-7-4-8-12-26)28-21-27(19-20-31-28)33(22-24-13-16-25(30)17-14-24)29(34)18-15-23-9-5-3-6-10-23/h3-21H,2,22H2,1H3. The van der Waals surface area contributed by atoms with Crippen LogP contribution in [-0.4, -0.2) is 17.4 Å². The summed E-state index contributed by atoms with van der Waals surface area (Å²) in [5.74, 6) is 0.265. The maximum atomic E-state index is 13.5. The molecule has 1 aromatic heterocycles. The molecule has 34 heavy (non-hydrogen) atoms. The average Bonchev–Trinajstić information content (AvgIpc) is 2.89. The van der Waals surface area contributed by atoms with Crippen LogP contribution in [0.2, 0.25) is 0 Å². The fraction of sp³-hybridized carbons (Fsp3) is 0.103. The van der Waals surface area contributed by atoms with Crippen molar-refractivity contribution in [3.63, 3.8) is 0 Å². The lowest BCUT2D eigenvalue weighted by Crippen LogP contribution is -2.29. The van der Waals surface area contributed by atoms with Crippen molar-refractivity contribution in [2.45, 2.75) is 13.5 Å². The van der Waals surface area contributed by atoms with Crippen LogP contribution >= 0.6 is 0 Å². The first-order chi connectivity index (χ1) is 16.6. The normalized spacial score (nSPS) is 10.9. The molecular weight excluding hydrogens is 425 g/mol. The molecule has 4 nitrogen and oxygen atoms in total. The predicted molar refractivity (Wildman–Crippen MR) is 136 cm³/mol. The van der Waals surface area contributed by atoms with Crippen LogP contribution in [0.3, 0.4) is 0 Å². The number of amides is 1. The van der Waals surface area contributed by atoms with Crippen LogP contribution in [0, 0.1) is 5.82 Å². The van der Waals surface area contributed by atoms with Gasteiger partial charge in [-0.25, -0.2) is 9.37 Å². The zero-order valence-electron chi connectivity index (χ0n) is 19.0. The van der Waals surface area contributed by atoms with E-state index in [9.17, 15) is 9.18 Å². The minimum atomic E-state index is -0.307.